The Morgan fingerprint density at radius 1 is 1.38 bits per heavy atom. The molecular weight excluding hydrogens is 342 g/mol. The van der Waals surface area contributed by atoms with Gasteiger partial charge in [0.2, 0.25) is 0 Å². The van der Waals surface area contributed by atoms with Crippen LogP contribution < -0.4 is 0 Å². The number of aromatic nitrogens is 1. The van der Waals surface area contributed by atoms with Crippen molar-refractivity contribution >= 4 is 29.0 Å². The van der Waals surface area contributed by atoms with Gasteiger partial charge in [0.1, 0.15) is 5.01 Å². The second-order valence-electron chi connectivity index (χ2n) is 5.73. The molecular formula is C22H25NO2S. The number of hydrogen-bond donors (Lipinski definition) is 1. The summed E-state index contributed by atoms with van der Waals surface area (Å²) in [6, 6.07) is 0. The van der Waals surface area contributed by atoms with Gasteiger partial charge in [-0.2, -0.15) is 0 Å². The Morgan fingerprint density at radius 2 is 2.12 bits per heavy atom. The molecule has 0 fully saturated rings. The van der Waals surface area contributed by atoms with Gasteiger partial charge in [-0.15, -0.1) is 17.3 Å². The minimum absolute atomic E-state index is 0.250. The number of thiazole rings is 1. The van der Waals surface area contributed by atoms with Crippen LogP contribution in [0.15, 0.2) is 53.5 Å². The lowest BCUT2D eigenvalue weighted by Crippen LogP contribution is -1.88. The molecule has 0 saturated carbocycles. The van der Waals surface area contributed by atoms with Gasteiger partial charge in [0, 0.05) is 5.38 Å². The Morgan fingerprint density at radius 3 is 2.73 bits per heavy atom. The Kier molecular flexibility index (Phi) is 9.74. The standard InChI is InChI=1S/C21H23NS.CH2O2/c1-5-7-8-10-17(6-2)20-15-23-21(22-20)19-12-9-11-18(13-14-19)16(3)4;2-1-3/h6,8-11,13-16H,12H2,1-4H3;1H,(H,2,3)/b10-8-,17-6+;. The molecule has 1 aromatic rings. The predicted octanol–water partition coefficient (Wildman–Crippen LogP) is 5.75. The predicted molar refractivity (Wildman–Crippen MR) is 112 cm³/mol. The molecule has 0 radical (unpaired) electrons. The molecule has 0 spiro atoms. The second kappa shape index (κ2) is 11.8. The van der Waals surface area contributed by atoms with E-state index in [-0.39, 0.29) is 6.47 Å². The number of carbonyl (C=O) groups is 1. The van der Waals surface area contributed by atoms with Crippen LogP contribution in [0.25, 0.3) is 11.1 Å². The maximum atomic E-state index is 8.36. The van der Waals surface area contributed by atoms with Crippen LogP contribution in [0.1, 0.15) is 44.8 Å². The lowest BCUT2D eigenvalue weighted by atomic mass is 10.0. The van der Waals surface area contributed by atoms with Gasteiger partial charge in [-0.05, 0) is 55.1 Å². The van der Waals surface area contributed by atoms with Crippen molar-refractivity contribution in [3.8, 4) is 11.8 Å². The molecule has 4 heteroatoms. The van der Waals surface area contributed by atoms with E-state index in [0.29, 0.717) is 5.92 Å². The molecule has 0 bridgehead atoms. The lowest BCUT2D eigenvalue weighted by molar-refractivity contribution is -0.122. The fourth-order valence-electron chi connectivity index (χ4n) is 2.28. The normalized spacial score (nSPS) is 14.0. The van der Waals surface area contributed by atoms with Crippen molar-refractivity contribution in [3.05, 3.63) is 64.2 Å². The summed E-state index contributed by atoms with van der Waals surface area (Å²) in [7, 11) is 0. The first-order chi connectivity index (χ1) is 12.6. The zero-order chi connectivity index (χ0) is 19.4. The van der Waals surface area contributed by atoms with Crippen LogP contribution in [-0.2, 0) is 4.79 Å². The van der Waals surface area contributed by atoms with E-state index in [1.807, 2.05) is 26.0 Å². The first-order valence-electron chi connectivity index (χ1n) is 8.43. The average Bonchev–Trinajstić information content (AvgIpc) is 2.96. The largest absolute Gasteiger partial charge is 0.483 e. The molecule has 3 nitrogen and oxygen atoms in total. The van der Waals surface area contributed by atoms with Crippen LogP contribution in [-0.4, -0.2) is 16.6 Å². The summed E-state index contributed by atoms with van der Waals surface area (Å²) in [5, 5.41) is 10.1. The molecule has 0 atom stereocenters. The van der Waals surface area contributed by atoms with Gasteiger partial charge in [0.25, 0.3) is 6.47 Å². The van der Waals surface area contributed by atoms with Crippen LogP contribution in [0.3, 0.4) is 0 Å². The Balaban J connectivity index is 0.00000105. The summed E-state index contributed by atoms with van der Waals surface area (Å²) in [6.07, 6.45) is 15.8. The van der Waals surface area contributed by atoms with Crippen molar-refractivity contribution in [1.82, 2.24) is 4.98 Å². The molecule has 1 aromatic heterocycles. The highest BCUT2D eigenvalue weighted by molar-refractivity contribution is 7.10. The molecule has 1 heterocycles. The number of carboxylic acid groups (broad SMARTS) is 1. The lowest BCUT2D eigenvalue weighted by Gasteiger charge is -2.02. The van der Waals surface area contributed by atoms with Crippen molar-refractivity contribution in [2.24, 2.45) is 5.92 Å². The summed E-state index contributed by atoms with van der Waals surface area (Å²) in [5.41, 5.74) is 4.77. The fourth-order valence-corrected chi connectivity index (χ4v) is 3.15. The maximum Gasteiger partial charge on any atom is 0.290 e. The third-order valence-corrected chi connectivity index (χ3v) is 4.59. The van der Waals surface area contributed by atoms with E-state index in [4.69, 9.17) is 14.9 Å². The second-order valence-corrected chi connectivity index (χ2v) is 6.59. The molecule has 0 aliphatic heterocycles. The number of rotatable bonds is 4. The minimum atomic E-state index is -0.250. The van der Waals surface area contributed by atoms with Crippen molar-refractivity contribution in [1.29, 1.82) is 0 Å². The molecule has 136 valence electrons. The van der Waals surface area contributed by atoms with Gasteiger partial charge in [0.05, 0.1) is 5.69 Å². The van der Waals surface area contributed by atoms with Crippen molar-refractivity contribution < 1.29 is 9.90 Å². The van der Waals surface area contributed by atoms with Gasteiger partial charge < -0.3 is 5.11 Å². The highest BCUT2D eigenvalue weighted by atomic mass is 32.1. The molecule has 1 N–H and O–H groups in total. The van der Waals surface area contributed by atoms with E-state index in [2.05, 4.69) is 61.4 Å². The zero-order valence-corrected chi connectivity index (χ0v) is 16.5. The van der Waals surface area contributed by atoms with Gasteiger partial charge in [-0.3, -0.25) is 4.79 Å². The summed E-state index contributed by atoms with van der Waals surface area (Å²) >= 11 is 1.70. The van der Waals surface area contributed by atoms with E-state index in [1.54, 1.807) is 11.3 Å². The summed E-state index contributed by atoms with van der Waals surface area (Å²) in [6.45, 7) is 8.07. The Labute approximate surface area is 160 Å². The topological polar surface area (TPSA) is 50.2 Å². The molecule has 2 rings (SSSR count). The monoisotopic (exact) mass is 367 g/mol. The zero-order valence-electron chi connectivity index (χ0n) is 15.7. The van der Waals surface area contributed by atoms with E-state index < -0.39 is 0 Å². The van der Waals surface area contributed by atoms with Crippen LogP contribution in [0.2, 0.25) is 0 Å². The van der Waals surface area contributed by atoms with Crippen LogP contribution in [0.4, 0.5) is 0 Å². The summed E-state index contributed by atoms with van der Waals surface area (Å²) in [5.74, 6) is 6.37. The summed E-state index contributed by atoms with van der Waals surface area (Å²) < 4.78 is 0. The average molecular weight is 368 g/mol. The van der Waals surface area contributed by atoms with Crippen molar-refractivity contribution in [3.63, 3.8) is 0 Å². The molecule has 0 aromatic carbocycles. The van der Waals surface area contributed by atoms with E-state index in [1.165, 1.54) is 11.1 Å². The van der Waals surface area contributed by atoms with E-state index >= 15 is 0 Å². The van der Waals surface area contributed by atoms with Crippen LogP contribution in [0.5, 0.6) is 0 Å². The number of hydrogen-bond acceptors (Lipinski definition) is 3. The molecule has 0 saturated heterocycles. The minimum Gasteiger partial charge on any atom is -0.483 e. The third kappa shape index (κ3) is 6.70. The molecule has 1 aliphatic rings. The van der Waals surface area contributed by atoms with Crippen molar-refractivity contribution in [2.75, 3.05) is 0 Å². The molecule has 0 unspecified atom stereocenters. The van der Waals surface area contributed by atoms with Crippen LogP contribution in [0, 0.1) is 17.8 Å². The first-order valence-corrected chi connectivity index (χ1v) is 9.31. The number of allylic oxidation sites excluding steroid dienone is 10. The highest BCUT2D eigenvalue weighted by Crippen LogP contribution is 2.28. The Hall–Kier alpha value is -2.64. The summed E-state index contributed by atoms with van der Waals surface area (Å²) in [4.78, 5) is 13.2. The third-order valence-electron chi connectivity index (χ3n) is 3.67. The van der Waals surface area contributed by atoms with E-state index in [0.717, 1.165) is 22.7 Å². The molecule has 0 amide bonds. The van der Waals surface area contributed by atoms with Gasteiger partial charge in [-0.1, -0.05) is 50.1 Å². The SMILES string of the molecule is CC#C/C=C\C(=C/C)c1csc(C2=CC=C(C(C)C)C=CC2)n1.O=CO. The van der Waals surface area contributed by atoms with Crippen molar-refractivity contribution in [2.45, 2.75) is 34.1 Å². The quantitative estimate of drug-likeness (QED) is 0.418. The Bertz CT molecular complexity index is 809. The van der Waals surface area contributed by atoms with Gasteiger partial charge in [0.15, 0.2) is 0 Å². The number of nitrogens with zero attached hydrogens (tertiary/aromatic N) is 1. The van der Waals surface area contributed by atoms with Crippen LogP contribution >= 0.6 is 11.3 Å². The fraction of sp³-hybridized carbons (Fsp3) is 0.273. The smallest absolute Gasteiger partial charge is 0.290 e. The van der Waals surface area contributed by atoms with E-state index in [9.17, 15) is 0 Å². The van der Waals surface area contributed by atoms with Gasteiger partial charge >= 0.3 is 0 Å². The van der Waals surface area contributed by atoms with Gasteiger partial charge in [-0.25, -0.2) is 4.98 Å². The first kappa shape index (κ1) is 21.4. The maximum absolute atomic E-state index is 8.36. The highest BCUT2D eigenvalue weighted by Gasteiger charge is 2.10. The molecule has 1 aliphatic carbocycles. The molecule has 26 heavy (non-hydrogen) atoms.